The maximum Gasteiger partial charge on any atom is 0.303 e. The minimum absolute atomic E-state index is 0.00898. The lowest BCUT2D eigenvalue weighted by molar-refractivity contribution is -0.136. The second kappa shape index (κ2) is 9.22. The Hall–Kier alpha value is -3.08. The van der Waals surface area contributed by atoms with E-state index in [1.54, 1.807) is 6.20 Å². The lowest BCUT2D eigenvalue weighted by atomic mass is 10.0. The van der Waals surface area contributed by atoms with Gasteiger partial charge in [-0.05, 0) is 55.7 Å². The summed E-state index contributed by atoms with van der Waals surface area (Å²) in [4.78, 5) is 14.9. The number of pyridine rings is 1. The summed E-state index contributed by atoms with van der Waals surface area (Å²) in [7, 11) is 0. The van der Waals surface area contributed by atoms with E-state index in [4.69, 9.17) is 14.6 Å². The van der Waals surface area contributed by atoms with Crippen molar-refractivity contribution in [2.24, 2.45) is 0 Å². The van der Waals surface area contributed by atoms with Crippen LogP contribution in [0.3, 0.4) is 0 Å². The lowest BCUT2D eigenvalue weighted by Gasteiger charge is -2.17. The first-order chi connectivity index (χ1) is 13.5. The molecule has 146 valence electrons. The van der Waals surface area contributed by atoms with Crippen LogP contribution in [0.2, 0.25) is 0 Å². The monoisotopic (exact) mass is 379 g/mol. The third kappa shape index (κ3) is 5.22. The molecule has 0 bridgehead atoms. The molecular weight excluding hydrogens is 354 g/mol. The number of ether oxygens (including phenoxy) is 2. The molecule has 1 atom stereocenters. The zero-order chi connectivity index (χ0) is 19.9. The SMILES string of the molecule is Cc1cc(OCCC(C)Oc2cccc3cnccc23)ccc1CCC(=O)O. The number of benzene rings is 2. The van der Waals surface area contributed by atoms with E-state index in [9.17, 15) is 4.79 Å². The molecule has 0 spiro atoms. The number of aromatic nitrogens is 1. The topological polar surface area (TPSA) is 68.7 Å². The van der Waals surface area contributed by atoms with Gasteiger partial charge in [0, 0.05) is 36.0 Å². The van der Waals surface area contributed by atoms with Gasteiger partial charge in [0.05, 0.1) is 12.7 Å². The molecule has 0 saturated carbocycles. The van der Waals surface area contributed by atoms with Crippen molar-refractivity contribution in [3.63, 3.8) is 0 Å². The highest BCUT2D eigenvalue weighted by Gasteiger charge is 2.09. The molecule has 1 heterocycles. The Morgan fingerprint density at radius 2 is 2.07 bits per heavy atom. The largest absolute Gasteiger partial charge is 0.493 e. The summed E-state index contributed by atoms with van der Waals surface area (Å²) in [5.41, 5.74) is 2.09. The predicted molar refractivity (Wildman–Crippen MR) is 109 cm³/mol. The molecule has 0 saturated heterocycles. The van der Waals surface area contributed by atoms with Crippen molar-refractivity contribution < 1.29 is 19.4 Å². The summed E-state index contributed by atoms with van der Waals surface area (Å²) in [6.45, 7) is 4.55. The molecular formula is C23H25NO4. The van der Waals surface area contributed by atoms with Crippen LogP contribution in [0.15, 0.2) is 54.9 Å². The Bertz CT molecular complexity index is 949. The first-order valence-corrected chi connectivity index (χ1v) is 9.46. The average Bonchev–Trinajstić information content (AvgIpc) is 2.67. The highest BCUT2D eigenvalue weighted by atomic mass is 16.5. The zero-order valence-corrected chi connectivity index (χ0v) is 16.2. The number of rotatable bonds is 9. The fourth-order valence-electron chi connectivity index (χ4n) is 3.09. The molecule has 0 fully saturated rings. The summed E-state index contributed by atoms with van der Waals surface area (Å²) in [5.74, 6) is 0.863. The van der Waals surface area contributed by atoms with E-state index in [2.05, 4.69) is 4.98 Å². The van der Waals surface area contributed by atoms with Crippen LogP contribution in [0.1, 0.15) is 30.9 Å². The third-order valence-electron chi connectivity index (χ3n) is 4.68. The van der Waals surface area contributed by atoms with Gasteiger partial charge < -0.3 is 14.6 Å². The van der Waals surface area contributed by atoms with Gasteiger partial charge in [0.1, 0.15) is 11.5 Å². The summed E-state index contributed by atoms with van der Waals surface area (Å²) in [6.07, 6.45) is 5.03. The second-order valence-corrected chi connectivity index (χ2v) is 6.90. The number of hydrogen-bond acceptors (Lipinski definition) is 4. The van der Waals surface area contributed by atoms with Crippen LogP contribution in [0, 0.1) is 6.92 Å². The average molecular weight is 379 g/mol. The molecule has 1 unspecified atom stereocenters. The highest BCUT2D eigenvalue weighted by molar-refractivity contribution is 5.87. The Labute approximate surface area is 164 Å². The first-order valence-electron chi connectivity index (χ1n) is 9.46. The minimum atomic E-state index is -0.781. The van der Waals surface area contributed by atoms with Crippen molar-refractivity contribution in [1.29, 1.82) is 0 Å². The molecule has 1 aromatic heterocycles. The summed E-state index contributed by atoms with van der Waals surface area (Å²) >= 11 is 0. The summed E-state index contributed by atoms with van der Waals surface area (Å²) < 4.78 is 12.0. The number of carboxylic acid groups (broad SMARTS) is 1. The smallest absolute Gasteiger partial charge is 0.303 e. The number of aryl methyl sites for hydroxylation is 2. The van der Waals surface area contributed by atoms with Crippen LogP contribution in [0.25, 0.3) is 10.8 Å². The molecule has 0 aliphatic rings. The first kappa shape index (κ1) is 19.7. The molecule has 28 heavy (non-hydrogen) atoms. The van der Waals surface area contributed by atoms with Gasteiger partial charge in [-0.2, -0.15) is 0 Å². The van der Waals surface area contributed by atoms with Crippen LogP contribution < -0.4 is 9.47 Å². The fraction of sp³-hybridized carbons (Fsp3) is 0.304. The van der Waals surface area contributed by atoms with Crippen molar-refractivity contribution in [3.05, 3.63) is 66.0 Å². The van der Waals surface area contributed by atoms with Crippen molar-refractivity contribution in [1.82, 2.24) is 4.98 Å². The van der Waals surface area contributed by atoms with Gasteiger partial charge in [-0.3, -0.25) is 9.78 Å². The van der Waals surface area contributed by atoms with E-state index in [-0.39, 0.29) is 12.5 Å². The predicted octanol–water partition coefficient (Wildman–Crippen LogP) is 4.80. The molecule has 5 nitrogen and oxygen atoms in total. The zero-order valence-electron chi connectivity index (χ0n) is 16.2. The van der Waals surface area contributed by atoms with Crippen molar-refractivity contribution in [3.8, 4) is 11.5 Å². The van der Waals surface area contributed by atoms with E-state index in [1.165, 1.54) is 0 Å². The Balaban J connectivity index is 1.52. The van der Waals surface area contributed by atoms with Gasteiger partial charge in [0.2, 0.25) is 0 Å². The molecule has 3 aromatic rings. The van der Waals surface area contributed by atoms with E-state index >= 15 is 0 Å². The second-order valence-electron chi connectivity index (χ2n) is 6.90. The molecule has 0 aliphatic carbocycles. The number of hydrogen-bond donors (Lipinski definition) is 1. The number of aliphatic carboxylic acids is 1. The van der Waals surface area contributed by atoms with Gasteiger partial charge in [-0.1, -0.05) is 18.2 Å². The number of fused-ring (bicyclic) bond motifs is 1. The van der Waals surface area contributed by atoms with E-state index in [0.29, 0.717) is 13.0 Å². The van der Waals surface area contributed by atoms with Crippen LogP contribution in [-0.2, 0) is 11.2 Å². The molecule has 5 heteroatoms. The van der Waals surface area contributed by atoms with Crippen LogP contribution in [0.5, 0.6) is 11.5 Å². The quantitative estimate of drug-likeness (QED) is 0.578. The highest BCUT2D eigenvalue weighted by Crippen LogP contribution is 2.26. The number of carboxylic acids is 1. The van der Waals surface area contributed by atoms with Crippen molar-refractivity contribution >= 4 is 16.7 Å². The molecule has 0 aliphatic heterocycles. The third-order valence-corrected chi connectivity index (χ3v) is 4.68. The number of carbonyl (C=O) groups is 1. The normalized spacial score (nSPS) is 11.9. The summed E-state index contributed by atoms with van der Waals surface area (Å²) in [6, 6.07) is 13.7. The van der Waals surface area contributed by atoms with E-state index in [1.807, 2.05) is 62.5 Å². The maximum absolute atomic E-state index is 10.7. The maximum atomic E-state index is 10.7. The van der Waals surface area contributed by atoms with E-state index in [0.717, 1.165) is 39.8 Å². The standard InChI is InChI=1S/C23H25NO4/c1-16-14-20(8-6-18(16)7-9-23(25)26)27-13-11-17(2)28-22-5-3-4-19-15-24-12-10-21(19)22/h3-6,8,10,12,14-15,17H,7,9,11,13H2,1-2H3,(H,25,26). The van der Waals surface area contributed by atoms with Gasteiger partial charge in [0.15, 0.2) is 0 Å². The fourth-order valence-corrected chi connectivity index (χ4v) is 3.09. The van der Waals surface area contributed by atoms with Crippen LogP contribution in [-0.4, -0.2) is 28.8 Å². The minimum Gasteiger partial charge on any atom is -0.493 e. The van der Waals surface area contributed by atoms with Gasteiger partial charge in [-0.15, -0.1) is 0 Å². The van der Waals surface area contributed by atoms with Crippen molar-refractivity contribution in [2.45, 2.75) is 39.2 Å². The Morgan fingerprint density at radius 1 is 1.21 bits per heavy atom. The Kier molecular flexibility index (Phi) is 6.48. The summed E-state index contributed by atoms with van der Waals surface area (Å²) in [5, 5.41) is 10.9. The molecule has 0 radical (unpaired) electrons. The Morgan fingerprint density at radius 3 is 2.86 bits per heavy atom. The van der Waals surface area contributed by atoms with E-state index < -0.39 is 5.97 Å². The van der Waals surface area contributed by atoms with Crippen LogP contribution >= 0.6 is 0 Å². The van der Waals surface area contributed by atoms with Crippen LogP contribution in [0.4, 0.5) is 0 Å². The molecule has 2 aromatic carbocycles. The van der Waals surface area contributed by atoms with Crippen molar-refractivity contribution in [2.75, 3.05) is 6.61 Å². The van der Waals surface area contributed by atoms with Gasteiger partial charge >= 0.3 is 5.97 Å². The lowest BCUT2D eigenvalue weighted by Crippen LogP contribution is -2.16. The van der Waals surface area contributed by atoms with Gasteiger partial charge in [-0.25, -0.2) is 0 Å². The van der Waals surface area contributed by atoms with Gasteiger partial charge in [0.25, 0.3) is 0 Å². The molecule has 3 rings (SSSR count). The molecule has 0 amide bonds. The number of nitrogens with zero attached hydrogens (tertiary/aromatic N) is 1. The molecule has 1 N–H and O–H groups in total.